The van der Waals surface area contributed by atoms with E-state index in [9.17, 15) is 40.2 Å². The van der Waals surface area contributed by atoms with Crippen molar-refractivity contribution in [1.82, 2.24) is 0 Å². The van der Waals surface area contributed by atoms with Crippen molar-refractivity contribution < 1.29 is 49.7 Å². The standard InChI is InChI=1S/C28H26O10/c1-28-10-16(14-5-3-12(29)7-18(14)31)22(25(35)15-6-4-13(30)8-19(15)32)17(11-28)23-20(33)9-21(34)24(26(23)38-28)27(36)37-2/h3-9,16-17,22,29-34H,10-11H2,1-2H3/t16-,17+,22-,28+/m1/s1. The van der Waals surface area contributed by atoms with Crippen molar-refractivity contribution in [2.75, 3.05) is 7.11 Å². The van der Waals surface area contributed by atoms with E-state index in [2.05, 4.69) is 0 Å². The summed E-state index contributed by atoms with van der Waals surface area (Å²) in [6, 6.07) is 8.59. The number of rotatable bonds is 4. The molecule has 38 heavy (non-hydrogen) atoms. The van der Waals surface area contributed by atoms with Crippen molar-refractivity contribution in [1.29, 1.82) is 0 Å². The van der Waals surface area contributed by atoms with E-state index in [1.807, 2.05) is 0 Å². The fourth-order valence-corrected chi connectivity index (χ4v) is 5.99. The highest BCUT2D eigenvalue weighted by atomic mass is 16.5. The van der Waals surface area contributed by atoms with E-state index in [0.717, 1.165) is 25.3 Å². The lowest BCUT2D eigenvalue weighted by Crippen LogP contribution is -2.49. The van der Waals surface area contributed by atoms with Crippen LogP contribution in [0.2, 0.25) is 0 Å². The fraction of sp³-hybridized carbons (Fsp3) is 0.286. The topological polar surface area (TPSA) is 174 Å². The van der Waals surface area contributed by atoms with E-state index in [1.54, 1.807) is 6.92 Å². The molecule has 3 aromatic rings. The molecule has 1 aliphatic carbocycles. The van der Waals surface area contributed by atoms with Crippen LogP contribution in [0.3, 0.4) is 0 Å². The number of benzene rings is 3. The molecular weight excluding hydrogens is 496 g/mol. The molecule has 0 saturated heterocycles. The Morgan fingerprint density at radius 3 is 2.11 bits per heavy atom. The van der Waals surface area contributed by atoms with Crippen LogP contribution < -0.4 is 4.74 Å². The van der Waals surface area contributed by atoms with Crippen LogP contribution in [0.1, 0.15) is 63.4 Å². The van der Waals surface area contributed by atoms with Gasteiger partial charge in [-0.1, -0.05) is 6.07 Å². The molecule has 0 spiro atoms. The first-order chi connectivity index (χ1) is 17.9. The molecule has 6 N–H and O–H groups in total. The Balaban J connectivity index is 1.77. The Kier molecular flexibility index (Phi) is 5.78. The monoisotopic (exact) mass is 522 g/mol. The van der Waals surface area contributed by atoms with Crippen LogP contribution in [-0.4, -0.2) is 55.1 Å². The van der Waals surface area contributed by atoms with Gasteiger partial charge in [0, 0.05) is 41.5 Å². The maximum absolute atomic E-state index is 14.1. The van der Waals surface area contributed by atoms with Crippen LogP contribution in [0.25, 0.3) is 0 Å². The fourth-order valence-electron chi connectivity index (χ4n) is 5.99. The minimum absolute atomic E-state index is 0.0841. The van der Waals surface area contributed by atoms with Crippen LogP contribution in [0.5, 0.6) is 40.2 Å². The van der Waals surface area contributed by atoms with Crippen molar-refractivity contribution in [2.45, 2.75) is 37.2 Å². The summed E-state index contributed by atoms with van der Waals surface area (Å²) in [6.45, 7) is 1.76. The van der Waals surface area contributed by atoms with E-state index in [0.29, 0.717) is 5.56 Å². The lowest BCUT2D eigenvalue weighted by molar-refractivity contribution is -0.00905. The summed E-state index contributed by atoms with van der Waals surface area (Å²) in [4.78, 5) is 26.7. The molecule has 5 rings (SSSR count). The van der Waals surface area contributed by atoms with Crippen molar-refractivity contribution in [3.8, 4) is 40.2 Å². The largest absolute Gasteiger partial charge is 0.508 e. The third-order valence-corrected chi connectivity index (χ3v) is 7.52. The van der Waals surface area contributed by atoms with Gasteiger partial charge in [-0.2, -0.15) is 0 Å². The van der Waals surface area contributed by atoms with Gasteiger partial charge in [0.05, 0.1) is 12.7 Å². The molecule has 3 aromatic carbocycles. The summed E-state index contributed by atoms with van der Waals surface area (Å²) in [7, 11) is 1.13. The summed E-state index contributed by atoms with van der Waals surface area (Å²) >= 11 is 0. The SMILES string of the molecule is COC(=O)c1c(O)cc(O)c2c1O[C@@]1(C)C[C@H](c3ccc(O)cc3O)[C@@H](C(=O)c3ccc(O)cc3O)[C@@H]2C1. The highest BCUT2D eigenvalue weighted by Crippen LogP contribution is 2.61. The Bertz CT molecular complexity index is 1480. The second kappa shape index (κ2) is 8.76. The van der Waals surface area contributed by atoms with Crippen molar-refractivity contribution >= 4 is 11.8 Å². The predicted octanol–water partition coefficient (Wildman–Crippen LogP) is 4.02. The lowest BCUT2D eigenvalue weighted by Gasteiger charge is -2.51. The molecule has 1 saturated carbocycles. The molecule has 1 fully saturated rings. The van der Waals surface area contributed by atoms with Crippen molar-refractivity contribution in [3.05, 3.63) is 64.7 Å². The second-order valence-electron chi connectivity index (χ2n) is 10.0. The number of carbonyl (C=O) groups excluding carboxylic acids is 2. The van der Waals surface area contributed by atoms with Crippen LogP contribution in [-0.2, 0) is 4.74 Å². The number of esters is 1. The van der Waals surface area contributed by atoms with Crippen LogP contribution in [0.15, 0.2) is 42.5 Å². The van der Waals surface area contributed by atoms with Crippen LogP contribution >= 0.6 is 0 Å². The molecule has 0 radical (unpaired) electrons. The number of phenols is 6. The number of hydrogen-bond donors (Lipinski definition) is 6. The number of ether oxygens (including phenoxy) is 2. The van der Waals surface area contributed by atoms with Gasteiger partial charge in [-0.3, -0.25) is 4.79 Å². The molecule has 10 nitrogen and oxygen atoms in total. The number of phenolic OH excluding ortho intramolecular Hbond substituents is 6. The quantitative estimate of drug-likeness (QED) is 0.217. The number of Topliss-reactive ketones (excluding diaryl/α,β-unsaturated/α-hetero) is 1. The van der Waals surface area contributed by atoms with Gasteiger partial charge in [-0.05, 0) is 43.5 Å². The van der Waals surface area contributed by atoms with Gasteiger partial charge in [-0.15, -0.1) is 0 Å². The first-order valence-corrected chi connectivity index (χ1v) is 11.9. The van der Waals surface area contributed by atoms with Gasteiger partial charge < -0.3 is 40.1 Å². The third kappa shape index (κ3) is 3.89. The average Bonchev–Trinajstić information content (AvgIpc) is 2.82. The number of aromatic hydroxyl groups is 6. The van der Waals surface area contributed by atoms with E-state index in [1.165, 1.54) is 24.3 Å². The number of methoxy groups -OCH3 is 1. The highest BCUT2D eigenvalue weighted by Gasteiger charge is 2.55. The number of fused-ring (bicyclic) bond motifs is 4. The van der Waals surface area contributed by atoms with E-state index in [-0.39, 0.29) is 52.5 Å². The zero-order valence-electron chi connectivity index (χ0n) is 20.5. The minimum atomic E-state index is -1.01. The van der Waals surface area contributed by atoms with E-state index in [4.69, 9.17) is 9.47 Å². The Hall–Kier alpha value is -4.60. The molecule has 198 valence electrons. The maximum atomic E-state index is 14.1. The molecule has 0 amide bonds. The summed E-state index contributed by atoms with van der Waals surface area (Å²) in [6.07, 6.45) is 0.386. The molecule has 1 heterocycles. The molecule has 2 bridgehead atoms. The van der Waals surface area contributed by atoms with Crippen LogP contribution in [0.4, 0.5) is 0 Å². The van der Waals surface area contributed by atoms with E-state index >= 15 is 0 Å². The van der Waals surface area contributed by atoms with Gasteiger partial charge in [0.1, 0.15) is 51.4 Å². The molecule has 10 heteroatoms. The van der Waals surface area contributed by atoms with Gasteiger partial charge in [0.2, 0.25) is 0 Å². The minimum Gasteiger partial charge on any atom is -0.508 e. The highest BCUT2D eigenvalue weighted by molar-refractivity contribution is 6.02. The maximum Gasteiger partial charge on any atom is 0.345 e. The smallest absolute Gasteiger partial charge is 0.345 e. The van der Waals surface area contributed by atoms with E-state index < -0.39 is 52.4 Å². The molecule has 1 aliphatic heterocycles. The normalized spacial score (nSPS) is 23.7. The lowest BCUT2D eigenvalue weighted by atomic mass is 9.58. The summed E-state index contributed by atoms with van der Waals surface area (Å²) in [5.74, 6) is -6.12. The van der Waals surface area contributed by atoms with Crippen molar-refractivity contribution in [3.63, 3.8) is 0 Å². The summed E-state index contributed by atoms with van der Waals surface area (Å²) in [5.41, 5.74) is -0.933. The van der Waals surface area contributed by atoms with Crippen molar-refractivity contribution in [2.24, 2.45) is 5.92 Å². The zero-order chi connectivity index (χ0) is 27.5. The van der Waals surface area contributed by atoms with Gasteiger partial charge in [-0.25, -0.2) is 4.79 Å². The van der Waals surface area contributed by atoms with Gasteiger partial charge in [0.15, 0.2) is 5.78 Å². The molecule has 4 atom stereocenters. The Morgan fingerprint density at radius 2 is 1.47 bits per heavy atom. The summed E-state index contributed by atoms with van der Waals surface area (Å²) in [5, 5.41) is 62.3. The van der Waals surface area contributed by atoms with Gasteiger partial charge >= 0.3 is 5.97 Å². The molecule has 2 aliphatic rings. The van der Waals surface area contributed by atoms with Gasteiger partial charge in [0.25, 0.3) is 0 Å². The molecular formula is C28H26O10. The van der Waals surface area contributed by atoms with Crippen LogP contribution in [0, 0.1) is 5.92 Å². The zero-order valence-corrected chi connectivity index (χ0v) is 20.5. The predicted molar refractivity (Wildman–Crippen MR) is 132 cm³/mol. The molecule has 0 unspecified atom stereocenters. The Morgan fingerprint density at radius 1 is 0.842 bits per heavy atom. The number of ketones is 1. The summed E-state index contributed by atoms with van der Waals surface area (Å²) < 4.78 is 11.1. The third-order valence-electron chi connectivity index (χ3n) is 7.52. The second-order valence-corrected chi connectivity index (χ2v) is 10.0. The first-order valence-electron chi connectivity index (χ1n) is 11.9. The number of hydrogen-bond acceptors (Lipinski definition) is 10. The number of carbonyl (C=O) groups is 2. The Labute approximate surface area is 216 Å². The molecule has 0 aromatic heterocycles. The first kappa shape index (κ1) is 25.1. The average molecular weight is 523 g/mol.